The molecule has 132 valence electrons. The molecular formula is C21H31O2P. The molecule has 0 saturated heterocycles. The molecule has 0 N–H and O–H groups in total. The van der Waals surface area contributed by atoms with Crippen molar-refractivity contribution in [3.63, 3.8) is 0 Å². The maximum Gasteiger partial charge on any atom is 0.338 e. The lowest BCUT2D eigenvalue weighted by atomic mass is 9.99. The Hall–Kier alpha value is -0.880. The first-order valence-corrected chi connectivity index (χ1v) is 11.3. The lowest BCUT2D eigenvalue weighted by Gasteiger charge is -2.38. The van der Waals surface area contributed by atoms with Gasteiger partial charge in [-0.2, -0.15) is 0 Å². The average molecular weight is 346 g/mol. The van der Waals surface area contributed by atoms with Gasteiger partial charge in [0.2, 0.25) is 0 Å². The SMILES string of the molecule is CCOC(=O)c1cccc(P(C2CCCCC2)C2CCCCC2)c1. The van der Waals surface area contributed by atoms with E-state index < -0.39 is 0 Å². The molecule has 0 spiro atoms. The van der Waals surface area contributed by atoms with Crippen LogP contribution in [-0.2, 0) is 4.74 Å². The Balaban J connectivity index is 1.86. The zero-order valence-electron chi connectivity index (χ0n) is 15.0. The van der Waals surface area contributed by atoms with Crippen LogP contribution in [0.2, 0.25) is 0 Å². The summed E-state index contributed by atoms with van der Waals surface area (Å²) in [6.07, 6.45) is 14.0. The lowest BCUT2D eigenvalue weighted by Crippen LogP contribution is -2.26. The van der Waals surface area contributed by atoms with Crippen LogP contribution in [0.4, 0.5) is 0 Å². The second kappa shape index (κ2) is 8.99. The van der Waals surface area contributed by atoms with Gasteiger partial charge in [0.05, 0.1) is 12.2 Å². The number of carbonyl (C=O) groups is 1. The molecule has 2 aliphatic rings. The predicted molar refractivity (Wildman–Crippen MR) is 103 cm³/mol. The van der Waals surface area contributed by atoms with Crippen LogP contribution in [0.5, 0.6) is 0 Å². The van der Waals surface area contributed by atoms with Crippen molar-refractivity contribution < 1.29 is 9.53 Å². The van der Waals surface area contributed by atoms with E-state index >= 15 is 0 Å². The average Bonchev–Trinajstić information content (AvgIpc) is 2.64. The summed E-state index contributed by atoms with van der Waals surface area (Å²) in [6.45, 7) is 2.32. The first kappa shape index (κ1) is 17.9. The van der Waals surface area contributed by atoms with E-state index in [1.165, 1.54) is 69.5 Å². The Kier molecular flexibility index (Phi) is 6.72. The predicted octanol–water partition coefficient (Wildman–Crippen LogP) is 5.64. The second-order valence-corrected chi connectivity index (χ2v) is 10.1. The highest BCUT2D eigenvalue weighted by molar-refractivity contribution is 7.67. The number of ether oxygens (including phenoxy) is 1. The fraction of sp³-hybridized carbons (Fsp3) is 0.667. The highest BCUT2D eigenvalue weighted by atomic mass is 31.1. The minimum Gasteiger partial charge on any atom is -0.462 e. The number of esters is 1. The van der Waals surface area contributed by atoms with Crippen molar-refractivity contribution >= 4 is 19.2 Å². The molecule has 2 aliphatic carbocycles. The molecule has 24 heavy (non-hydrogen) atoms. The molecule has 0 bridgehead atoms. The Morgan fingerprint density at radius 2 is 1.58 bits per heavy atom. The highest BCUT2D eigenvalue weighted by Gasteiger charge is 2.32. The Morgan fingerprint density at radius 1 is 1.00 bits per heavy atom. The van der Waals surface area contributed by atoms with Crippen molar-refractivity contribution in [1.29, 1.82) is 0 Å². The van der Waals surface area contributed by atoms with Gasteiger partial charge in [-0.15, -0.1) is 0 Å². The molecule has 3 heteroatoms. The minimum absolute atomic E-state index is 0.150. The van der Waals surface area contributed by atoms with Crippen LogP contribution in [0.25, 0.3) is 0 Å². The Bertz CT molecular complexity index is 512. The van der Waals surface area contributed by atoms with Crippen LogP contribution >= 0.6 is 7.92 Å². The van der Waals surface area contributed by atoms with Gasteiger partial charge >= 0.3 is 5.97 Å². The number of hydrogen-bond donors (Lipinski definition) is 0. The molecule has 2 saturated carbocycles. The smallest absolute Gasteiger partial charge is 0.338 e. The van der Waals surface area contributed by atoms with E-state index in [2.05, 4.69) is 18.2 Å². The standard InChI is InChI=1S/C21H31O2P/c1-2-23-21(22)17-10-9-15-20(16-17)24(18-11-5-3-6-12-18)19-13-7-4-8-14-19/h9-10,15-16,18-19H,2-8,11-14H2,1H3. The van der Waals surface area contributed by atoms with Crippen molar-refractivity contribution in [3.8, 4) is 0 Å². The van der Waals surface area contributed by atoms with Crippen LogP contribution < -0.4 is 5.30 Å². The molecule has 2 nitrogen and oxygen atoms in total. The van der Waals surface area contributed by atoms with Gasteiger partial charge < -0.3 is 4.74 Å². The maximum absolute atomic E-state index is 12.2. The first-order valence-electron chi connectivity index (χ1n) is 9.85. The second-order valence-electron chi connectivity index (χ2n) is 7.26. The number of carbonyl (C=O) groups excluding carboxylic acids is 1. The summed E-state index contributed by atoms with van der Waals surface area (Å²) in [6, 6.07) is 8.43. The summed E-state index contributed by atoms with van der Waals surface area (Å²) < 4.78 is 5.22. The van der Waals surface area contributed by atoms with Gasteiger partial charge in [0.15, 0.2) is 0 Å². The van der Waals surface area contributed by atoms with Crippen molar-refractivity contribution in [2.45, 2.75) is 82.4 Å². The monoisotopic (exact) mass is 346 g/mol. The third-order valence-electron chi connectivity index (χ3n) is 5.59. The van der Waals surface area contributed by atoms with Gasteiger partial charge in [-0.3, -0.25) is 0 Å². The fourth-order valence-electron chi connectivity index (χ4n) is 4.45. The van der Waals surface area contributed by atoms with Crippen molar-refractivity contribution in [1.82, 2.24) is 0 Å². The van der Waals surface area contributed by atoms with Crippen molar-refractivity contribution in [3.05, 3.63) is 29.8 Å². The number of rotatable bonds is 5. The zero-order valence-corrected chi connectivity index (χ0v) is 15.9. The van der Waals surface area contributed by atoms with E-state index in [9.17, 15) is 4.79 Å². The lowest BCUT2D eigenvalue weighted by molar-refractivity contribution is 0.0526. The molecule has 2 fully saturated rings. The van der Waals surface area contributed by atoms with E-state index in [4.69, 9.17) is 4.74 Å². The molecule has 0 radical (unpaired) electrons. The Labute approximate surface area is 148 Å². The van der Waals surface area contributed by atoms with E-state index in [0.717, 1.165) is 16.9 Å². The summed E-state index contributed by atoms with van der Waals surface area (Å²) in [5.74, 6) is -0.165. The Morgan fingerprint density at radius 3 is 2.12 bits per heavy atom. The molecular weight excluding hydrogens is 315 g/mol. The molecule has 0 aromatic heterocycles. The molecule has 0 aliphatic heterocycles. The molecule has 0 unspecified atom stereocenters. The third-order valence-corrected chi connectivity index (χ3v) is 9.07. The quantitative estimate of drug-likeness (QED) is 0.510. The third kappa shape index (κ3) is 4.39. The summed E-state index contributed by atoms with van der Waals surface area (Å²) in [5.41, 5.74) is 2.48. The fourth-order valence-corrected chi connectivity index (χ4v) is 8.28. The van der Waals surface area contributed by atoms with Crippen LogP contribution in [0.15, 0.2) is 24.3 Å². The van der Waals surface area contributed by atoms with Crippen molar-refractivity contribution in [2.24, 2.45) is 0 Å². The number of benzene rings is 1. The van der Waals surface area contributed by atoms with Crippen molar-refractivity contribution in [2.75, 3.05) is 6.61 Å². The topological polar surface area (TPSA) is 26.3 Å². The van der Waals surface area contributed by atoms with Crippen LogP contribution in [0.3, 0.4) is 0 Å². The molecule has 0 amide bonds. The van der Waals surface area contributed by atoms with Crippen LogP contribution in [-0.4, -0.2) is 23.9 Å². The zero-order chi connectivity index (χ0) is 16.8. The van der Waals surface area contributed by atoms with Crippen LogP contribution in [0, 0.1) is 0 Å². The molecule has 0 atom stereocenters. The molecule has 0 heterocycles. The van der Waals surface area contributed by atoms with Gasteiger partial charge in [0.25, 0.3) is 0 Å². The molecule has 3 rings (SSSR count). The van der Waals surface area contributed by atoms with E-state index in [1.54, 1.807) is 0 Å². The van der Waals surface area contributed by atoms with Gasteiger partial charge in [-0.1, -0.05) is 58.6 Å². The maximum atomic E-state index is 12.2. The summed E-state index contributed by atoms with van der Waals surface area (Å²) in [7, 11) is -0.150. The first-order chi connectivity index (χ1) is 11.8. The van der Waals surface area contributed by atoms with E-state index in [-0.39, 0.29) is 13.9 Å². The summed E-state index contributed by atoms with van der Waals surface area (Å²) >= 11 is 0. The van der Waals surface area contributed by atoms with Gasteiger partial charge in [-0.25, -0.2) is 4.79 Å². The minimum atomic E-state index is -0.165. The molecule has 1 aromatic rings. The normalized spacial score (nSPS) is 20.2. The highest BCUT2D eigenvalue weighted by Crippen LogP contribution is 2.54. The van der Waals surface area contributed by atoms with Crippen LogP contribution in [0.1, 0.15) is 81.5 Å². The van der Waals surface area contributed by atoms with Gasteiger partial charge in [0.1, 0.15) is 0 Å². The van der Waals surface area contributed by atoms with E-state index in [0.29, 0.717) is 6.61 Å². The van der Waals surface area contributed by atoms with E-state index in [1.807, 2.05) is 13.0 Å². The summed E-state index contributed by atoms with van der Waals surface area (Å²) in [5, 5.41) is 1.45. The molecule has 1 aromatic carbocycles. The summed E-state index contributed by atoms with van der Waals surface area (Å²) in [4.78, 5) is 12.2. The number of hydrogen-bond acceptors (Lipinski definition) is 2. The largest absolute Gasteiger partial charge is 0.462 e. The van der Waals surface area contributed by atoms with Gasteiger partial charge in [-0.05, 0) is 61.4 Å². The van der Waals surface area contributed by atoms with Gasteiger partial charge in [0, 0.05) is 0 Å².